The molecule has 0 bridgehead atoms. The van der Waals surface area contributed by atoms with Crippen molar-refractivity contribution in [2.45, 2.75) is 33.3 Å². The zero-order valence-corrected chi connectivity index (χ0v) is 12.9. The highest BCUT2D eigenvalue weighted by molar-refractivity contribution is 7.80. The van der Waals surface area contributed by atoms with Gasteiger partial charge in [0.2, 0.25) is 0 Å². The van der Waals surface area contributed by atoms with Gasteiger partial charge in [-0.05, 0) is 42.5 Å². The minimum absolute atomic E-state index is 0.105. The lowest BCUT2D eigenvalue weighted by Gasteiger charge is -2.14. The number of aliphatic hydroxyl groups is 1. The second-order valence-corrected chi connectivity index (χ2v) is 6.45. The number of aryl methyl sites for hydroxylation is 1. The van der Waals surface area contributed by atoms with Crippen molar-refractivity contribution in [2.75, 3.05) is 6.61 Å². The van der Waals surface area contributed by atoms with Crippen LogP contribution in [-0.2, 0) is 21.0 Å². The third kappa shape index (κ3) is 3.01. The smallest absolute Gasteiger partial charge is 0.388 e. The largest absolute Gasteiger partial charge is 0.397 e. The van der Waals surface area contributed by atoms with Crippen molar-refractivity contribution < 1.29 is 27.1 Å². The van der Waals surface area contributed by atoms with Gasteiger partial charge in [0.1, 0.15) is 0 Å². The maximum atomic E-state index is 12.2. The molecular weight excluding hydrogens is 296 g/mol. The summed E-state index contributed by atoms with van der Waals surface area (Å²) < 4.78 is 34.0. The summed E-state index contributed by atoms with van der Waals surface area (Å²) in [6, 6.07) is 1.76. The molecule has 2 atom stereocenters. The van der Waals surface area contributed by atoms with Crippen LogP contribution in [0.4, 0.5) is 0 Å². The summed E-state index contributed by atoms with van der Waals surface area (Å²) in [5, 5.41) is 10.1. The van der Waals surface area contributed by atoms with Crippen molar-refractivity contribution in [3.05, 3.63) is 33.9 Å². The topological polar surface area (TPSA) is 101 Å². The number of rotatable bonds is 4. The predicted molar refractivity (Wildman–Crippen MR) is 75.6 cm³/mol. The molecule has 0 aliphatic heterocycles. The number of hydrogen-bond acceptors (Lipinski definition) is 5. The molecule has 0 unspecified atom stereocenters. The van der Waals surface area contributed by atoms with Crippen LogP contribution in [0.25, 0.3) is 0 Å². The van der Waals surface area contributed by atoms with Crippen molar-refractivity contribution in [1.29, 1.82) is 0 Å². The van der Waals surface area contributed by atoms with E-state index in [-0.39, 0.29) is 18.8 Å². The zero-order chi connectivity index (χ0) is 15.9. The molecular formula is C14H18O6S. The zero-order valence-electron chi connectivity index (χ0n) is 12.1. The number of fused-ring (bicyclic) bond motifs is 1. The van der Waals surface area contributed by atoms with Gasteiger partial charge in [-0.25, -0.2) is 4.18 Å². The highest BCUT2D eigenvalue weighted by Gasteiger charge is 2.37. The standard InChI is InChI=1S/C14H18O6S/c1-7-6-11-12(14(16)9(3)13(11)15)8(2)10(7)4-5-20-21(17,18)19/h6,9,13,15H,4-5H2,1-3H3,(H,17,18,19)/t9-,13-/m0/s1. The average molecular weight is 314 g/mol. The lowest BCUT2D eigenvalue weighted by Crippen LogP contribution is -2.11. The van der Waals surface area contributed by atoms with Gasteiger partial charge in [-0.3, -0.25) is 9.35 Å². The Hall–Kier alpha value is -1.28. The first-order chi connectivity index (χ1) is 9.63. The Labute approximate surface area is 123 Å². The molecule has 0 spiro atoms. The molecule has 0 saturated heterocycles. The van der Waals surface area contributed by atoms with Crippen molar-refractivity contribution in [2.24, 2.45) is 5.92 Å². The molecule has 1 aromatic carbocycles. The normalized spacial score (nSPS) is 21.7. The molecule has 2 rings (SSSR count). The van der Waals surface area contributed by atoms with Gasteiger partial charge >= 0.3 is 10.4 Å². The van der Waals surface area contributed by atoms with Gasteiger partial charge in [-0.2, -0.15) is 8.42 Å². The van der Waals surface area contributed by atoms with Crippen LogP contribution >= 0.6 is 0 Å². The van der Waals surface area contributed by atoms with Crippen LogP contribution < -0.4 is 0 Å². The van der Waals surface area contributed by atoms with Crippen molar-refractivity contribution in [3.8, 4) is 0 Å². The van der Waals surface area contributed by atoms with E-state index < -0.39 is 22.4 Å². The number of aliphatic hydroxyl groups excluding tert-OH is 1. The van der Waals surface area contributed by atoms with E-state index in [1.54, 1.807) is 19.9 Å². The van der Waals surface area contributed by atoms with E-state index in [1.165, 1.54) is 0 Å². The third-order valence-corrected chi connectivity index (χ3v) is 4.47. The molecule has 0 heterocycles. The molecule has 0 saturated carbocycles. The Balaban J connectivity index is 2.36. The molecule has 21 heavy (non-hydrogen) atoms. The van der Waals surface area contributed by atoms with Crippen LogP contribution in [0, 0.1) is 19.8 Å². The Morgan fingerprint density at radius 1 is 1.33 bits per heavy atom. The molecule has 116 valence electrons. The molecule has 6 nitrogen and oxygen atoms in total. The fourth-order valence-electron chi connectivity index (χ4n) is 2.89. The minimum atomic E-state index is -4.47. The van der Waals surface area contributed by atoms with Gasteiger partial charge in [-0.1, -0.05) is 13.0 Å². The third-order valence-electron chi connectivity index (χ3n) is 4.00. The summed E-state index contributed by atoms with van der Waals surface area (Å²) in [6.45, 7) is 5.09. The quantitative estimate of drug-likeness (QED) is 0.817. The van der Waals surface area contributed by atoms with Crippen molar-refractivity contribution in [1.82, 2.24) is 0 Å². The SMILES string of the molecule is Cc1cc2c(c(C)c1CCOS(=O)(=O)O)C(=O)[C@@H](C)[C@@H]2O. The molecule has 2 N–H and O–H groups in total. The molecule has 0 aromatic heterocycles. The Kier molecular flexibility index (Phi) is 4.21. The van der Waals surface area contributed by atoms with E-state index in [1.807, 2.05) is 6.92 Å². The van der Waals surface area contributed by atoms with Gasteiger partial charge in [0.25, 0.3) is 0 Å². The molecule has 7 heteroatoms. The minimum Gasteiger partial charge on any atom is -0.388 e. The lowest BCUT2D eigenvalue weighted by atomic mass is 9.92. The van der Waals surface area contributed by atoms with Crippen LogP contribution in [0.15, 0.2) is 6.07 Å². The van der Waals surface area contributed by atoms with Crippen LogP contribution in [0.1, 0.15) is 45.6 Å². The summed E-state index contributed by atoms with van der Waals surface area (Å²) in [6.07, 6.45) is -0.546. The van der Waals surface area contributed by atoms with Crippen LogP contribution in [0.3, 0.4) is 0 Å². The number of hydrogen-bond donors (Lipinski definition) is 2. The van der Waals surface area contributed by atoms with Gasteiger partial charge in [-0.15, -0.1) is 0 Å². The average Bonchev–Trinajstić information content (AvgIpc) is 2.57. The summed E-state index contributed by atoms with van der Waals surface area (Å²) in [7, 11) is -4.47. The van der Waals surface area contributed by atoms with Crippen molar-refractivity contribution in [3.63, 3.8) is 0 Å². The Morgan fingerprint density at radius 3 is 2.52 bits per heavy atom. The molecule has 0 amide bonds. The van der Waals surface area contributed by atoms with E-state index in [0.29, 0.717) is 11.1 Å². The Bertz CT molecular complexity index is 692. The highest BCUT2D eigenvalue weighted by Crippen LogP contribution is 2.39. The monoisotopic (exact) mass is 314 g/mol. The van der Waals surface area contributed by atoms with Crippen LogP contribution in [0.2, 0.25) is 0 Å². The fraction of sp³-hybridized carbons (Fsp3) is 0.500. The molecule has 1 aliphatic rings. The molecule has 0 radical (unpaired) electrons. The molecule has 1 aromatic rings. The number of benzene rings is 1. The number of carbonyl (C=O) groups excluding carboxylic acids is 1. The van der Waals surface area contributed by atoms with E-state index >= 15 is 0 Å². The number of Topliss-reactive ketones (excluding diaryl/α,β-unsaturated/α-hetero) is 1. The van der Waals surface area contributed by atoms with Crippen LogP contribution in [0.5, 0.6) is 0 Å². The second-order valence-electron chi connectivity index (χ2n) is 5.36. The van der Waals surface area contributed by atoms with E-state index in [0.717, 1.165) is 16.7 Å². The van der Waals surface area contributed by atoms with Gasteiger partial charge in [0, 0.05) is 11.5 Å². The number of ketones is 1. The predicted octanol–water partition coefficient (Wildman–Crippen LogP) is 1.53. The van der Waals surface area contributed by atoms with Gasteiger partial charge in [0.05, 0.1) is 12.7 Å². The van der Waals surface area contributed by atoms with Crippen LogP contribution in [-0.4, -0.2) is 30.5 Å². The fourth-order valence-corrected chi connectivity index (χ4v) is 3.18. The highest BCUT2D eigenvalue weighted by atomic mass is 32.3. The van der Waals surface area contributed by atoms with E-state index in [4.69, 9.17) is 4.55 Å². The first-order valence-corrected chi connectivity index (χ1v) is 7.97. The molecule has 1 aliphatic carbocycles. The Morgan fingerprint density at radius 2 is 1.95 bits per heavy atom. The second kappa shape index (κ2) is 5.49. The van der Waals surface area contributed by atoms with Gasteiger partial charge < -0.3 is 5.11 Å². The van der Waals surface area contributed by atoms with Gasteiger partial charge in [0.15, 0.2) is 5.78 Å². The summed E-state index contributed by atoms with van der Waals surface area (Å²) in [5.74, 6) is -0.575. The van der Waals surface area contributed by atoms with E-state index in [2.05, 4.69) is 4.18 Å². The first-order valence-electron chi connectivity index (χ1n) is 6.60. The van der Waals surface area contributed by atoms with E-state index in [9.17, 15) is 18.3 Å². The van der Waals surface area contributed by atoms with Crippen molar-refractivity contribution >= 4 is 16.2 Å². The summed E-state index contributed by atoms with van der Waals surface area (Å²) >= 11 is 0. The lowest BCUT2D eigenvalue weighted by molar-refractivity contribution is 0.0790. The summed E-state index contributed by atoms with van der Waals surface area (Å²) in [5.41, 5.74) is 3.53. The number of carbonyl (C=O) groups is 1. The maximum Gasteiger partial charge on any atom is 0.397 e. The first kappa shape index (κ1) is 16.1. The molecule has 0 fully saturated rings. The summed E-state index contributed by atoms with van der Waals surface area (Å²) in [4.78, 5) is 12.2. The maximum absolute atomic E-state index is 12.2.